The molecular formula is C24H20Cl3N7S. The van der Waals surface area contributed by atoms with Gasteiger partial charge in [-0.3, -0.25) is 0 Å². The van der Waals surface area contributed by atoms with Crippen LogP contribution in [0.4, 0.5) is 0 Å². The van der Waals surface area contributed by atoms with Gasteiger partial charge in [-0.05, 0) is 30.3 Å². The van der Waals surface area contributed by atoms with Crippen LogP contribution < -0.4 is 0 Å². The van der Waals surface area contributed by atoms with Crippen molar-refractivity contribution in [1.82, 2.24) is 34.7 Å². The van der Waals surface area contributed by atoms with Gasteiger partial charge in [-0.2, -0.15) is 10.2 Å². The van der Waals surface area contributed by atoms with E-state index >= 15 is 0 Å². The Bertz CT molecular complexity index is 1480. The molecule has 0 saturated heterocycles. The predicted molar refractivity (Wildman–Crippen MR) is 141 cm³/mol. The monoisotopic (exact) mass is 543 g/mol. The van der Waals surface area contributed by atoms with Crippen molar-refractivity contribution in [1.29, 1.82) is 0 Å². The summed E-state index contributed by atoms with van der Waals surface area (Å²) >= 11 is 20.6. The number of hydrogen-bond donors (Lipinski definition) is 0. The second kappa shape index (κ2) is 9.35. The van der Waals surface area contributed by atoms with E-state index in [1.165, 1.54) is 17.7 Å². The normalized spacial score (nSPS) is 11.8. The largest absolute Gasteiger partial charge is 0.248 e. The molecule has 0 aliphatic heterocycles. The third-order valence-electron chi connectivity index (χ3n) is 5.29. The van der Waals surface area contributed by atoms with E-state index in [1.807, 2.05) is 35.0 Å². The maximum atomic E-state index is 6.64. The summed E-state index contributed by atoms with van der Waals surface area (Å²) in [5.74, 6) is 0. The average molecular weight is 545 g/mol. The fourth-order valence-corrected chi connectivity index (χ4v) is 5.13. The standard InChI is InChI=1S/C24H20Cl3N7S/c1-24(2,3)23-31-30-22(35-23)20-17(11-33-13-28-12-29-33)21(14-4-6-15(25)7-5-14)34(32-20)19-9-8-16(26)10-18(19)27/h4-10,12-13H,11H2,1-3H3. The van der Waals surface area contributed by atoms with E-state index in [1.54, 1.807) is 23.1 Å². The minimum absolute atomic E-state index is 0.136. The van der Waals surface area contributed by atoms with Gasteiger partial charge in [0.2, 0.25) is 0 Å². The highest BCUT2D eigenvalue weighted by atomic mass is 35.5. The number of rotatable bonds is 5. The number of benzene rings is 2. The second-order valence-corrected chi connectivity index (χ2v) is 11.2. The summed E-state index contributed by atoms with van der Waals surface area (Å²) in [5.41, 5.74) is 3.90. The SMILES string of the molecule is CC(C)(C)c1nnc(-c2nn(-c3ccc(Cl)cc3Cl)c(-c3ccc(Cl)cc3)c2Cn2cncn2)s1. The van der Waals surface area contributed by atoms with Gasteiger partial charge < -0.3 is 0 Å². The first-order valence-electron chi connectivity index (χ1n) is 10.7. The maximum absolute atomic E-state index is 6.64. The highest BCUT2D eigenvalue weighted by Gasteiger charge is 2.27. The van der Waals surface area contributed by atoms with E-state index < -0.39 is 0 Å². The molecule has 0 saturated carbocycles. The summed E-state index contributed by atoms with van der Waals surface area (Å²) in [4.78, 5) is 4.11. The van der Waals surface area contributed by atoms with E-state index in [9.17, 15) is 0 Å². The van der Waals surface area contributed by atoms with Crippen molar-refractivity contribution in [3.8, 4) is 27.6 Å². The van der Waals surface area contributed by atoms with Gasteiger partial charge in [0.1, 0.15) is 23.4 Å². The smallest absolute Gasteiger partial charge is 0.168 e. The second-order valence-electron chi connectivity index (χ2n) is 8.95. The van der Waals surface area contributed by atoms with E-state index in [0.717, 1.165) is 21.8 Å². The van der Waals surface area contributed by atoms with Crippen molar-refractivity contribution >= 4 is 46.1 Å². The van der Waals surface area contributed by atoms with E-state index in [-0.39, 0.29) is 5.41 Å². The zero-order valence-electron chi connectivity index (χ0n) is 19.1. The van der Waals surface area contributed by atoms with Crippen molar-refractivity contribution in [2.45, 2.75) is 32.7 Å². The zero-order valence-corrected chi connectivity index (χ0v) is 22.2. The minimum atomic E-state index is -0.136. The fourth-order valence-electron chi connectivity index (χ4n) is 3.60. The lowest BCUT2D eigenvalue weighted by molar-refractivity contribution is 0.578. The van der Waals surface area contributed by atoms with Gasteiger partial charge >= 0.3 is 0 Å². The Kier molecular flexibility index (Phi) is 6.40. The first-order chi connectivity index (χ1) is 16.7. The van der Waals surface area contributed by atoms with Crippen molar-refractivity contribution in [2.75, 3.05) is 0 Å². The molecule has 0 amide bonds. The van der Waals surface area contributed by atoms with E-state index in [2.05, 4.69) is 41.1 Å². The molecule has 0 atom stereocenters. The summed E-state index contributed by atoms with van der Waals surface area (Å²) in [6, 6.07) is 12.9. The predicted octanol–water partition coefficient (Wildman–Crippen LogP) is 6.96. The lowest BCUT2D eigenvalue weighted by atomic mass is 9.98. The molecule has 3 heterocycles. The first kappa shape index (κ1) is 23.9. The molecule has 178 valence electrons. The molecule has 0 unspecified atom stereocenters. The molecular weight excluding hydrogens is 525 g/mol. The maximum Gasteiger partial charge on any atom is 0.168 e. The molecule has 0 bridgehead atoms. The average Bonchev–Trinajstić information content (AvgIpc) is 3.55. The lowest BCUT2D eigenvalue weighted by Gasteiger charge is -2.12. The van der Waals surface area contributed by atoms with Crippen LogP contribution in [0.15, 0.2) is 55.1 Å². The van der Waals surface area contributed by atoms with E-state index in [4.69, 9.17) is 39.9 Å². The molecule has 7 nitrogen and oxygen atoms in total. The van der Waals surface area contributed by atoms with Gasteiger partial charge in [0.15, 0.2) is 5.01 Å². The third kappa shape index (κ3) is 4.84. The van der Waals surface area contributed by atoms with Crippen molar-refractivity contribution in [2.24, 2.45) is 0 Å². The van der Waals surface area contributed by atoms with E-state index in [0.29, 0.717) is 38.0 Å². The molecule has 0 radical (unpaired) electrons. The zero-order chi connectivity index (χ0) is 24.7. The van der Waals surface area contributed by atoms with Crippen LogP contribution in [-0.4, -0.2) is 34.7 Å². The van der Waals surface area contributed by atoms with Gasteiger partial charge in [-0.1, -0.05) is 79.0 Å². The Labute approximate surface area is 221 Å². The number of aromatic nitrogens is 7. The van der Waals surface area contributed by atoms with Gasteiger partial charge in [-0.25, -0.2) is 14.3 Å². The summed E-state index contributed by atoms with van der Waals surface area (Å²) in [7, 11) is 0. The van der Waals surface area contributed by atoms with Crippen LogP contribution in [0.2, 0.25) is 15.1 Å². The van der Waals surface area contributed by atoms with Crippen LogP contribution in [0.5, 0.6) is 0 Å². The Balaban J connectivity index is 1.81. The molecule has 2 aromatic carbocycles. The molecule has 11 heteroatoms. The summed E-state index contributed by atoms with van der Waals surface area (Å²) in [6.07, 6.45) is 3.17. The quantitative estimate of drug-likeness (QED) is 0.239. The Morgan fingerprint density at radius 3 is 2.31 bits per heavy atom. The molecule has 0 aliphatic carbocycles. The topological polar surface area (TPSA) is 74.3 Å². The molecule has 3 aromatic heterocycles. The molecule has 0 N–H and O–H groups in total. The molecule has 5 rings (SSSR count). The number of hydrogen-bond acceptors (Lipinski definition) is 6. The molecule has 0 aliphatic rings. The molecule has 0 spiro atoms. The molecule has 5 aromatic rings. The van der Waals surface area contributed by atoms with Crippen LogP contribution in [-0.2, 0) is 12.0 Å². The van der Waals surface area contributed by atoms with Gasteiger partial charge in [0.05, 0.1) is 22.9 Å². The van der Waals surface area contributed by atoms with Gasteiger partial charge in [0.25, 0.3) is 0 Å². The Morgan fingerprint density at radius 2 is 1.69 bits per heavy atom. The molecule has 35 heavy (non-hydrogen) atoms. The Hall–Kier alpha value is -2.78. The summed E-state index contributed by atoms with van der Waals surface area (Å²) in [6.45, 7) is 6.75. The summed E-state index contributed by atoms with van der Waals surface area (Å²) < 4.78 is 3.57. The van der Waals surface area contributed by atoms with Crippen LogP contribution in [0.3, 0.4) is 0 Å². The lowest BCUT2D eigenvalue weighted by Crippen LogP contribution is -2.10. The van der Waals surface area contributed by atoms with Crippen molar-refractivity contribution < 1.29 is 0 Å². The molecule has 0 fully saturated rings. The highest BCUT2D eigenvalue weighted by Crippen LogP contribution is 2.39. The Morgan fingerprint density at radius 1 is 0.943 bits per heavy atom. The van der Waals surface area contributed by atoms with Crippen LogP contribution >= 0.6 is 46.1 Å². The fraction of sp³-hybridized carbons (Fsp3) is 0.208. The minimum Gasteiger partial charge on any atom is -0.248 e. The van der Waals surface area contributed by atoms with Gasteiger partial charge in [0, 0.05) is 26.6 Å². The first-order valence-corrected chi connectivity index (χ1v) is 12.7. The van der Waals surface area contributed by atoms with Crippen LogP contribution in [0.25, 0.3) is 27.6 Å². The number of halogens is 3. The third-order valence-corrected chi connectivity index (χ3v) is 7.44. The number of nitrogens with zero attached hydrogens (tertiary/aromatic N) is 7. The summed E-state index contributed by atoms with van der Waals surface area (Å²) in [5, 5.41) is 21.6. The van der Waals surface area contributed by atoms with Gasteiger partial charge in [-0.15, -0.1) is 10.2 Å². The van der Waals surface area contributed by atoms with Crippen molar-refractivity contribution in [3.63, 3.8) is 0 Å². The van der Waals surface area contributed by atoms with Crippen LogP contribution in [0, 0.1) is 0 Å². The highest BCUT2D eigenvalue weighted by molar-refractivity contribution is 7.14. The van der Waals surface area contributed by atoms with Crippen LogP contribution in [0.1, 0.15) is 31.3 Å². The van der Waals surface area contributed by atoms with Crippen molar-refractivity contribution in [3.05, 3.63) is 80.8 Å².